The molecule has 122 valence electrons. The van der Waals surface area contributed by atoms with Crippen LogP contribution in [0.4, 0.5) is 16.2 Å². The summed E-state index contributed by atoms with van der Waals surface area (Å²) >= 11 is 6.12. The third-order valence-electron chi connectivity index (χ3n) is 3.22. The second kappa shape index (κ2) is 6.83. The molecule has 1 rings (SSSR count). The van der Waals surface area contributed by atoms with Crippen LogP contribution >= 0.6 is 11.6 Å². The summed E-state index contributed by atoms with van der Waals surface area (Å²) in [4.78, 5) is 23.5. The SMILES string of the molecule is CCN(C)c1cc(CC(C)(C)OC(N)=O)c([N+](=O)[O-])cc1Cl. The minimum absolute atomic E-state index is 0.112. The first-order chi connectivity index (χ1) is 10.1. The number of carbonyl (C=O) groups is 1. The second-order valence-corrected chi connectivity index (χ2v) is 5.97. The van der Waals surface area contributed by atoms with Gasteiger partial charge >= 0.3 is 6.09 Å². The molecule has 1 aromatic carbocycles. The topological polar surface area (TPSA) is 98.7 Å². The van der Waals surface area contributed by atoms with Crippen LogP contribution < -0.4 is 10.6 Å². The van der Waals surface area contributed by atoms with E-state index < -0.39 is 16.6 Å². The maximum atomic E-state index is 11.2. The number of halogens is 1. The minimum atomic E-state index is -0.966. The zero-order valence-electron chi connectivity index (χ0n) is 13.1. The van der Waals surface area contributed by atoms with Crippen molar-refractivity contribution in [3.8, 4) is 0 Å². The molecule has 22 heavy (non-hydrogen) atoms. The van der Waals surface area contributed by atoms with E-state index in [1.165, 1.54) is 6.07 Å². The fourth-order valence-electron chi connectivity index (χ4n) is 2.14. The predicted octanol–water partition coefficient (Wildman–Crippen LogP) is 3.12. The number of benzene rings is 1. The molecule has 7 nitrogen and oxygen atoms in total. The number of nitrogens with two attached hydrogens (primary N) is 1. The van der Waals surface area contributed by atoms with E-state index in [-0.39, 0.29) is 12.1 Å². The van der Waals surface area contributed by atoms with Crippen LogP contribution in [0.15, 0.2) is 12.1 Å². The smallest absolute Gasteiger partial charge is 0.405 e. The number of rotatable bonds is 6. The van der Waals surface area contributed by atoms with Crippen molar-refractivity contribution in [2.75, 3.05) is 18.5 Å². The van der Waals surface area contributed by atoms with Crippen LogP contribution in [0.3, 0.4) is 0 Å². The maximum absolute atomic E-state index is 11.2. The molecule has 1 amide bonds. The van der Waals surface area contributed by atoms with Gasteiger partial charge in [0, 0.05) is 31.6 Å². The summed E-state index contributed by atoms with van der Waals surface area (Å²) in [6.07, 6.45) is -0.777. The molecule has 0 saturated carbocycles. The van der Waals surface area contributed by atoms with E-state index in [1.54, 1.807) is 19.9 Å². The molecule has 0 saturated heterocycles. The largest absolute Gasteiger partial charge is 0.443 e. The van der Waals surface area contributed by atoms with E-state index in [1.807, 2.05) is 18.9 Å². The quantitative estimate of drug-likeness (QED) is 0.638. The van der Waals surface area contributed by atoms with Crippen molar-refractivity contribution >= 4 is 29.1 Å². The van der Waals surface area contributed by atoms with Crippen molar-refractivity contribution in [1.29, 1.82) is 0 Å². The van der Waals surface area contributed by atoms with Crippen molar-refractivity contribution in [2.24, 2.45) is 5.73 Å². The fraction of sp³-hybridized carbons (Fsp3) is 0.500. The van der Waals surface area contributed by atoms with E-state index >= 15 is 0 Å². The van der Waals surface area contributed by atoms with Crippen molar-refractivity contribution in [3.05, 3.63) is 32.8 Å². The van der Waals surface area contributed by atoms with Crippen LogP contribution in [-0.2, 0) is 11.2 Å². The molecular weight excluding hydrogens is 310 g/mol. The van der Waals surface area contributed by atoms with Crippen molar-refractivity contribution < 1.29 is 14.5 Å². The first-order valence-electron chi connectivity index (χ1n) is 6.73. The Bertz CT molecular complexity index is 590. The molecule has 0 aromatic heterocycles. The molecule has 0 atom stereocenters. The average molecular weight is 330 g/mol. The summed E-state index contributed by atoms with van der Waals surface area (Å²) < 4.78 is 5.00. The average Bonchev–Trinajstić information content (AvgIpc) is 2.37. The van der Waals surface area contributed by atoms with Gasteiger partial charge in [0.1, 0.15) is 5.60 Å². The Morgan fingerprint density at radius 1 is 1.50 bits per heavy atom. The van der Waals surface area contributed by atoms with Gasteiger partial charge in [0.2, 0.25) is 0 Å². The number of ether oxygens (including phenoxy) is 1. The standard InChI is InChI=1S/C14H20ClN3O4/c1-5-17(4)12-6-9(8-14(2,3)22-13(16)19)11(18(20)21)7-10(12)15/h6-7H,5,8H2,1-4H3,(H2,16,19). The lowest BCUT2D eigenvalue weighted by molar-refractivity contribution is -0.385. The van der Waals surface area contributed by atoms with Gasteiger partial charge in [-0.2, -0.15) is 0 Å². The molecule has 0 spiro atoms. The molecular formula is C14H20ClN3O4. The van der Waals surface area contributed by atoms with E-state index in [9.17, 15) is 14.9 Å². The van der Waals surface area contributed by atoms with Gasteiger partial charge in [-0.05, 0) is 26.8 Å². The Morgan fingerprint density at radius 2 is 2.09 bits per heavy atom. The van der Waals surface area contributed by atoms with Gasteiger partial charge in [-0.1, -0.05) is 11.6 Å². The Kier molecular flexibility index (Phi) is 5.59. The lowest BCUT2D eigenvalue weighted by Gasteiger charge is -2.25. The summed E-state index contributed by atoms with van der Waals surface area (Å²) in [6.45, 7) is 5.91. The molecule has 0 fully saturated rings. The van der Waals surface area contributed by atoms with Crippen molar-refractivity contribution in [2.45, 2.75) is 32.8 Å². The van der Waals surface area contributed by atoms with Gasteiger partial charge in [-0.25, -0.2) is 4.79 Å². The van der Waals surface area contributed by atoms with Gasteiger partial charge in [-0.15, -0.1) is 0 Å². The van der Waals surface area contributed by atoms with Gasteiger partial charge in [0.15, 0.2) is 0 Å². The number of nitro benzene ring substituents is 1. The van der Waals surface area contributed by atoms with Crippen LogP contribution in [0.1, 0.15) is 26.3 Å². The third kappa shape index (κ3) is 4.49. The van der Waals surface area contributed by atoms with Crippen LogP contribution in [0.2, 0.25) is 5.02 Å². The number of hydrogen-bond donors (Lipinski definition) is 1. The van der Waals surface area contributed by atoms with Crippen LogP contribution in [0, 0.1) is 10.1 Å². The molecule has 2 N–H and O–H groups in total. The van der Waals surface area contributed by atoms with E-state index in [2.05, 4.69) is 0 Å². The molecule has 1 aromatic rings. The molecule has 0 aliphatic heterocycles. The highest BCUT2D eigenvalue weighted by Gasteiger charge is 2.28. The van der Waals surface area contributed by atoms with Crippen LogP contribution in [-0.4, -0.2) is 30.2 Å². The van der Waals surface area contributed by atoms with E-state index in [0.717, 1.165) is 0 Å². The summed E-state index contributed by atoms with van der Waals surface area (Å²) in [5.41, 5.74) is 5.06. The van der Waals surface area contributed by atoms with E-state index in [4.69, 9.17) is 22.1 Å². The highest BCUT2D eigenvalue weighted by molar-refractivity contribution is 6.33. The molecule has 0 aliphatic carbocycles. The molecule has 0 bridgehead atoms. The van der Waals surface area contributed by atoms with Crippen molar-refractivity contribution in [3.63, 3.8) is 0 Å². The molecule has 0 aliphatic rings. The monoisotopic (exact) mass is 329 g/mol. The molecule has 8 heteroatoms. The second-order valence-electron chi connectivity index (χ2n) is 5.56. The number of nitrogens with zero attached hydrogens (tertiary/aromatic N) is 2. The summed E-state index contributed by atoms with van der Waals surface area (Å²) in [5.74, 6) is 0. The summed E-state index contributed by atoms with van der Waals surface area (Å²) in [7, 11) is 1.84. The Labute approximate surface area is 134 Å². The predicted molar refractivity (Wildman–Crippen MR) is 85.5 cm³/mol. The Morgan fingerprint density at radius 3 is 2.55 bits per heavy atom. The number of hydrogen-bond acceptors (Lipinski definition) is 5. The first kappa shape index (κ1) is 18.0. The van der Waals surface area contributed by atoms with Crippen molar-refractivity contribution in [1.82, 2.24) is 0 Å². The zero-order valence-corrected chi connectivity index (χ0v) is 13.8. The Hall–Kier alpha value is -2.02. The van der Waals surface area contributed by atoms with Gasteiger partial charge in [-0.3, -0.25) is 10.1 Å². The van der Waals surface area contributed by atoms with Gasteiger partial charge in [0.05, 0.1) is 15.6 Å². The normalized spacial score (nSPS) is 11.1. The highest BCUT2D eigenvalue weighted by Crippen LogP contribution is 2.35. The number of primary amides is 1. The molecule has 0 unspecified atom stereocenters. The van der Waals surface area contributed by atoms with Crippen LogP contribution in [0.25, 0.3) is 0 Å². The fourth-order valence-corrected chi connectivity index (χ4v) is 2.44. The Balaban J connectivity index is 3.31. The summed E-state index contributed by atoms with van der Waals surface area (Å²) in [5, 5.41) is 11.5. The van der Waals surface area contributed by atoms with E-state index in [0.29, 0.717) is 22.8 Å². The van der Waals surface area contributed by atoms with Gasteiger partial charge in [0.25, 0.3) is 5.69 Å². The van der Waals surface area contributed by atoms with Crippen LogP contribution in [0.5, 0.6) is 0 Å². The molecule has 0 radical (unpaired) electrons. The third-order valence-corrected chi connectivity index (χ3v) is 3.53. The number of carbonyl (C=O) groups excluding carboxylic acids is 1. The lowest BCUT2D eigenvalue weighted by Crippen LogP contribution is -2.33. The minimum Gasteiger partial charge on any atom is -0.443 e. The maximum Gasteiger partial charge on any atom is 0.405 e. The van der Waals surface area contributed by atoms with Gasteiger partial charge < -0.3 is 15.4 Å². The zero-order chi connectivity index (χ0) is 17.1. The molecule has 0 heterocycles. The summed E-state index contributed by atoms with van der Waals surface area (Å²) in [6, 6.07) is 2.97. The number of anilines is 1. The lowest BCUT2D eigenvalue weighted by atomic mass is 9.96. The number of nitro groups is 1. The number of amides is 1. The highest BCUT2D eigenvalue weighted by atomic mass is 35.5. The first-order valence-corrected chi connectivity index (χ1v) is 7.11.